The van der Waals surface area contributed by atoms with Gasteiger partial charge in [-0.05, 0) is 26.5 Å². The number of likely N-dealkylation sites (N-methyl/N-ethyl adjacent to an activating group) is 1. The molecule has 0 aromatic carbocycles. The van der Waals surface area contributed by atoms with Gasteiger partial charge in [0.15, 0.2) is 5.78 Å². The Bertz CT molecular complexity index is 428. The highest BCUT2D eigenvalue weighted by atomic mass is 16.5. The number of carbonyl (C=O) groups is 1. The quantitative estimate of drug-likeness (QED) is 0.805. The minimum absolute atomic E-state index is 0.132. The van der Waals surface area contributed by atoms with Crippen LogP contribution in [0, 0.1) is 0 Å². The number of Topliss-reactive ketones (excluding diaryl/α,β-unsaturated/α-hetero) is 1. The Kier molecular flexibility index (Phi) is 4.71. The van der Waals surface area contributed by atoms with Crippen LogP contribution in [0.25, 0.3) is 0 Å². The second-order valence-corrected chi connectivity index (χ2v) is 5.28. The maximum absolute atomic E-state index is 12.2. The van der Waals surface area contributed by atoms with Crippen LogP contribution in [0.5, 0.6) is 0 Å². The fourth-order valence-corrected chi connectivity index (χ4v) is 2.24. The highest BCUT2D eigenvalue weighted by Gasteiger charge is 2.26. The summed E-state index contributed by atoms with van der Waals surface area (Å²) in [6, 6.07) is 2.24. The Balaban J connectivity index is 1.92. The number of rotatable bonds is 5. The van der Waals surface area contributed by atoms with Gasteiger partial charge >= 0.3 is 0 Å². The number of morpholine rings is 1. The van der Waals surface area contributed by atoms with Crippen LogP contribution in [0.3, 0.4) is 0 Å². The molecule has 5 nitrogen and oxygen atoms in total. The molecule has 2 heterocycles. The molecule has 1 aromatic rings. The van der Waals surface area contributed by atoms with E-state index >= 15 is 0 Å². The van der Waals surface area contributed by atoms with Crippen LogP contribution in [0.2, 0.25) is 0 Å². The van der Waals surface area contributed by atoms with E-state index in [1.807, 2.05) is 16.9 Å². The summed E-state index contributed by atoms with van der Waals surface area (Å²) in [4.78, 5) is 14.5. The van der Waals surface area contributed by atoms with Crippen molar-refractivity contribution in [3.05, 3.63) is 18.0 Å². The molecule has 0 spiro atoms. The summed E-state index contributed by atoms with van der Waals surface area (Å²) >= 11 is 0. The average Bonchev–Trinajstić information content (AvgIpc) is 2.87. The smallest absolute Gasteiger partial charge is 0.168 e. The van der Waals surface area contributed by atoms with Gasteiger partial charge < -0.3 is 4.74 Å². The Morgan fingerprint density at radius 1 is 1.58 bits per heavy atom. The first-order valence-electron chi connectivity index (χ1n) is 7.01. The van der Waals surface area contributed by atoms with Crippen LogP contribution in [-0.2, 0) is 16.0 Å². The fraction of sp³-hybridized carbons (Fsp3) is 0.714. The molecule has 1 aliphatic heterocycles. The molecule has 1 aromatic heterocycles. The first-order valence-corrected chi connectivity index (χ1v) is 7.01. The van der Waals surface area contributed by atoms with Crippen molar-refractivity contribution in [2.24, 2.45) is 0 Å². The van der Waals surface area contributed by atoms with Crippen molar-refractivity contribution >= 4 is 5.78 Å². The summed E-state index contributed by atoms with van der Waals surface area (Å²) in [5, 5.41) is 4.41. The van der Waals surface area contributed by atoms with Gasteiger partial charge in [0, 0.05) is 25.3 Å². The molecule has 2 rings (SSSR count). The largest absolute Gasteiger partial charge is 0.368 e. The third-order valence-corrected chi connectivity index (χ3v) is 3.50. The number of nitrogens with zero attached hydrogens (tertiary/aromatic N) is 3. The fourth-order valence-electron chi connectivity index (χ4n) is 2.24. The van der Waals surface area contributed by atoms with E-state index < -0.39 is 0 Å². The van der Waals surface area contributed by atoms with Gasteiger partial charge in [-0.3, -0.25) is 14.4 Å². The zero-order valence-corrected chi connectivity index (χ0v) is 12.0. The molecule has 0 bridgehead atoms. The van der Waals surface area contributed by atoms with Crippen LogP contribution in [-0.4, -0.2) is 52.8 Å². The maximum atomic E-state index is 12.2. The minimum atomic E-state index is -0.294. The highest BCUT2D eigenvalue weighted by Crippen LogP contribution is 2.10. The molecule has 19 heavy (non-hydrogen) atoms. The van der Waals surface area contributed by atoms with E-state index in [0.717, 1.165) is 18.8 Å². The Morgan fingerprint density at radius 2 is 2.37 bits per heavy atom. The number of hydrogen-bond acceptors (Lipinski definition) is 4. The van der Waals surface area contributed by atoms with Gasteiger partial charge in [-0.15, -0.1) is 0 Å². The average molecular weight is 265 g/mol. The van der Waals surface area contributed by atoms with Crippen molar-refractivity contribution in [2.45, 2.75) is 39.3 Å². The van der Waals surface area contributed by atoms with Crippen molar-refractivity contribution in [3.8, 4) is 0 Å². The second kappa shape index (κ2) is 6.30. The standard InChI is InChI=1S/C14H23N3O2/c1-4-16-7-8-19-14(10-16)13(18)9-12-5-6-17(15-12)11(2)3/h5-6,11,14H,4,7-10H2,1-3H3. The molecule has 0 N–H and O–H groups in total. The molecule has 0 amide bonds. The molecule has 0 aliphatic carbocycles. The lowest BCUT2D eigenvalue weighted by atomic mass is 10.1. The number of ketones is 1. The molecule has 5 heteroatoms. The van der Waals surface area contributed by atoms with E-state index in [4.69, 9.17) is 4.74 Å². The Labute approximate surface area is 114 Å². The van der Waals surface area contributed by atoms with Crippen molar-refractivity contribution in [1.29, 1.82) is 0 Å². The monoisotopic (exact) mass is 265 g/mol. The minimum Gasteiger partial charge on any atom is -0.368 e. The van der Waals surface area contributed by atoms with E-state index in [9.17, 15) is 4.79 Å². The molecular formula is C14H23N3O2. The normalized spacial score (nSPS) is 20.9. The van der Waals surface area contributed by atoms with Gasteiger partial charge in [0.1, 0.15) is 6.10 Å². The highest BCUT2D eigenvalue weighted by molar-refractivity contribution is 5.85. The number of hydrogen-bond donors (Lipinski definition) is 0. The summed E-state index contributed by atoms with van der Waals surface area (Å²) in [5.41, 5.74) is 0.830. The first-order chi connectivity index (χ1) is 9.10. The lowest BCUT2D eigenvalue weighted by molar-refractivity contribution is -0.135. The summed E-state index contributed by atoms with van der Waals surface area (Å²) in [6.07, 6.45) is 1.99. The SMILES string of the molecule is CCN1CCOC(C(=O)Cc2ccn(C(C)C)n2)C1. The maximum Gasteiger partial charge on any atom is 0.168 e. The van der Waals surface area contributed by atoms with Crippen molar-refractivity contribution in [2.75, 3.05) is 26.2 Å². The summed E-state index contributed by atoms with van der Waals surface area (Å²) in [7, 11) is 0. The second-order valence-electron chi connectivity index (χ2n) is 5.28. The predicted octanol–water partition coefficient (Wildman–Crippen LogP) is 1.30. The van der Waals surface area contributed by atoms with Crippen molar-refractivity contribution in [3.63, 3.8) is 0 Å². The predicted molar refractivity (Wildman–Crippen MR) is 73.2 cm³/mol. The molecular weight excluding hydrogens is 242 g/mol. The zero-order chi connectivity index (χ0) is 13.8. The third-order valence-electron chi connectivity index (χ3n) is 3.50. The molecule has 0 radical (unpaired) electrons. The lowest BCUT2D eigenvalue weighted by Crippen LogP contribution is -2.46. The Hall–Kier alpha value is -1.20. The van der Waals surface area contributed by atoms with Crippen LogP contribution >= 0.6 is 0 Å². The van der Waals surface area contributed by atoms with E-state index in [1.54, 1.807) is 0 Å². The molecule has 106 valence electrons. The van der Waals surface area contributed by atoms with Crippen LogP contribution < -0.4 is 0 Å². The summed E-state index contributed by atoms with van der Waals surface area (Å²) in [5.74, 6) is 0.132. The van der Waals surface area contributed by atoms with Gasteiger partial charge in [0.05, 0.1) is 18.7 Å². The summed E-state index contributed by atoms with van der Waals surface area (Å²) in [6.45, 7) is 9.49. The van der Waals surface area contributed by atoms with E-state index in [2.05, 4.69) is 30.8 Å². The van der Waals surface area contributed by atoms with Crippen molar-refractivity contribution < 1.29 is 9.53 Å². The lowest BCUT2D eigenvalue weighted by Gasteiger charge is -2.31. The van der Waals surface area contributed by atoms with Gasteiger partial charge in [-0.25, -0.2) is 0 Å². The van der Waals surface area contributed by atoms with E-state index in [-0.39, 0.29) is 11.9 Å². The van der Waals surface area contributed by atoms with Gasteiger partial charge in [0.25, 0.3) is 0 Å². The van der Waals surface area contributed by atoms with E-state index in [0.29, 0.717) is 25.6 Å². The van der Waals surface area contributed by atoms with E-state index in [1.165, 1.54) is 0 Å². The number of carbonyl (C=O) groups excluding carboxylic acids is 1. The Morgan fingerprint density at radius 3 is 3.00 bits per heavy atom. The summed E-state index contributed by atoms with van der Waals surface area (Å²) < 4.78 is 7.45. The topological polar surface area (TPSA) is 47.4 Å². The molecule has 1 atom stereocenters. The molecule has 1 aliphatic rings. The molecule has 0 saturated carbocycles. The first kappa shape index (κ1) is 14.2. The van der Waals surface area contributed by atoms with Crippen LogP contribution in [0.15, 0.2) is 12.3 Å². The number of aromatic nitrogens is 2. The molecule has 1 saturated heterocycles. The number of ether oxygens (including phenoxy) is 1. The molecule has 1 unspecified atom stereocenters. The molecule has 1 fully saturated rings. The van der Waals surface area contributed by atoms with Gasteiger partial charge in [-0.1, -0.05) is 6.92 Å². The van der Waals surface area contributed by atoms with Crippen molar-refractivity contribution in [1.82, 2.24) is 14.7 Å². The van der Waals surface area contributed by atoms with Gasteiger partial charge in [-0.2, -0.15) is 5.10 Å². The van der Waals surface area contributed by atoms with Crippen LogP contribution in [0.1, 0.15) is 32.5 Å². The van der Waals surface area contributed by atoms with Gasteiger partial charge in [0.2, 0.25) is 0 Å². The zero-order valence-electron chi connectivity index (χ0n) is 12.0. The van der Waals surface area contributed by atoms with Crippen LogP contribution in [0.4, 0.5) is 0 Å². The third kappa shape index (κ3) is 3.64.